The van der Waals surface area contributed by atoms with Crippen LogP contribution in [0.4, 0.5) is 5.69 Å². The number of pyridine rings is 1. The van der Waals surface area contributed by atoms with Crippen molar-refractivity contribution in [2.45, 2.75) is 37.5 Å². The molecule has 3 aromatic rings. The molecule has 0 aliphatic carbocycles. The van der Waals surface area contributed by atoms with Crippen molar-refractivity contribution < 1.29 is 9.53 Å². The maximum Gasteiger partial charge on any atom is 0.237 e. The van der Waals surface area contributed by atoms with Gasteiger partial charge in [0.1, 0.15) is 16.8 Å². The van der Waals surface area contributed by atoms with Gasteiger partial charge >= 0.3 is 0 Å². The molecule has 0 aliphatic heterocycles. The maximum atomic E-state index is 12.9. The second kappa shape index (κ2) is 10.1. The lowest BCUT2D eigenvalue weighted by Gasteiger charge is -2.16. The van der Waals surface area contributed by atoms with Crippen LogP contribution in [0, 0.1) is 25.2 Å². The molecule has 3 rings (SSSR count). The van der Waals surface area contributed by atoms with Gasteiger partial charge < -0.3 is 10.1 Å². The summed E-state index contributed by atoms with van der Waals surface area (Å²) in [5.74, 6) is 0.664. The van der Waals surface area contributed by atoms with Crippen LogP contribution in [0.3, 0.4) is 0 Å². The maximum absolute atomic E-state index is 12.9. The highest BCUT2D eigenvalue weighted by atomic mass is 32.2. The smallest absolute Gasteiger partial charge is 0.237 e. The predicted molar refractivity (Wildman–Crippen MR) is 125 cm³/mol. The van der Waals surface area contributed by atoms with Crippen molar-refractivity contribution in [3.8, 4) is 23.1 Å². The number of aryl methyl sites for hydroxylation is 2. The predicted octanol–water partition coefficient (Wildman–Crippen LogP) is 5.76. The van der Waals surface area contributed by atoms with E-state index in [4.69, 9.17) is 9.72 Å². The molecule has 1 unspecified atom stereocenters. The normalized spacial score (nSPS) is 11.5. The number of nitrogens with one attached hydrogen (secondary N) is 1. The van der Waals surface area contributed by atoms with Crippen LogP contribution in [0.2, 0.25) is 0 Å². The van der Waals surface area contributed by atoms with Gasteiger partial charge in [-0.25, -0.2) is 4.98 Å². The van der Waals surface area contributed by atoms with Crippen LogP contribution in [0.1, 0.15) is 30.0 Å². The summed E-state index contributed by atoms with van der Waals surface area (Å²) >= 11 is 1.32. The zero-order valence-corrected chi connectivity index (χ0v) is 18.9. The van der Waals surface area contributed by atoms with Crippen molar-refractivity contribution in [3.05, 3.63) is 71.3 Å². The number of aromatic nitrogens is 1. The molecule has 6 heteroatoms. The van der Waals surface area contributed by atoms with Crippen molar-refractivity contribution in [2.24, 2.45) is 0 Å². The highest BCUT2D eigenvalue weighted by molar-refractivity contribution is 8.00. The lowest BCUT2D eigenvalue weighted by atomic mass is 10.1. The standard InChI is InChI=1S/C25H25N3O2S/c1-5-23(24(29)27-20-10-6-16(2)17(3)14-20)31-25-19(15-26)9-13-22(28-25)18-7-11-21(30-4)12-8-18/h6-14,23H,5H2,1-4H3,(H,27,29). The molecule has 1 atom stereocenters. The van der Waals surface area contributed by atoms with E-state index in [0.717, 1.165) is 28.3 Å². The Balaban J connectivity index is 1.83. The van der Waals surface area contributed by atoms with Crippen molar-refractivity contribution in [2.75, 3.05) is 12.4 Å². The van der Waals surface area contributed by atoms with Gasteiger partial charge in [0.25, 0.3) is 0 Å². The van der Waals surface area contributed by atoms with Gasteiger partial charge in [0.2, 0.25) is 5.91 Å². The number of thioether (sulfide) groups is 1. The van der Waals surface area contributed by atoms with Crippen LogP contribution in [0.15, 0.2) is 59.6 Å². The van der Waals surface area contributed by atoms with Gasteiger partial charge in [0.05, 0.1) is 23.6 Å². The minimum atomic E-state index is -0.368. The van der Waals surface area contributed by atoms with Crippen LogP contribution in [0.5, 0.6) is 5.75 Å². The summed E-state index contributed by atoms with van der Waals surface area (Å²) in [5, 5.41) is 12.7. The van der Waals surface area contributed by atoms with E-state index < -0.39 is 0 Å². The van der Waals surface area contributed by atoms with E-state index in [1.54, 1.807) is 13.2 Å². The SMILES string of the molecule is CCC(Sc1nc(-c2ccc(OC)cc2)ccc1C#N)C(=O)Nc1ccc(C)c(C)c1. The Hall–Kier alpha value is -3.30. The fourth-order valence-corrected chi connectivity index (χ4v) is 4.03. The Morgan fingerprint density at radius 2 is 1.87 bits per heavy atom. The molecule has 0 spiro atoms. The summed E-state index contributed by atoms with van der Waals surface area (Å²) in [6.45, 7) is 6.01. The summed E-state index contributed by atoms with van der Waals surface area (Å²) in [7, 11) is 1.62. The summed E-state index contributed by atoms with van der Waals surface area (Å²) in [6.07, 6.45) is 0.612. The second-order valence-corrected chi connectivity index (χ2v) is 8.38. The Bertz CT molecular complexity index is 1120. The van der Waals surface area contributed by atoms with Crippen molar-refractivity contribution in [1.29, 1.82) is 5.26 Å². The van der Waals surface area contributed by atoms with Crippen molar-refractivity contribution in [3.63, 3.8) is 0 Å². The molecular formula is C25H25N3O2S. The zero-order chi connectivity index (χ0) is 22.4. The second-order valence-electron chi connectivity index (χ2n) is 7.19. The molecule has 0 fully saturated rings. The third-order valence-electron chi connectivity index (χ3n) is 5.06. The number of carbonyl (C=O) groups excluding carboxylic acids is 1. The number of hydrogen-bond acceptors (Lipinski definition) is 5. The number of ether oxygens (including phenoxy) is 1. The molecule has 0 saturated heterocycles. The fourth-order valence-electron chi connectivity index (χ4n) is 3.04. The topological polar surface area (TPSA) is 75.0 Å². The van der Waals surface area contributed by atoms with Gasteiger partial charge in [-0.15, -0.1) is 0 Å². The Labute approximate surface area is 187 Å². The quantitative estimate of drug-likeness (QED) is 0.482. The monoisotopic (exact) mass is 431 g/mol. The van der Waals surface area contributed by atoms with Crippen molar-refractivity contribution >= 4 is 23.4 Å². The molecule has 2 aromatic carbocycles. The number of anilines is 1. The third-order valence-corrected chi connectivity index (χ3v) is 6.42. The van der Waals surface area contributed by atoms with E-state index in [1.165, 1.54) is 17.3 Å². The molecule has 1 aromatic heterocycles. The van der Waals surface area contributed by atoms with Gasteiger partial charge in [-0.3, -0.25) is 4.79 Å². The average Bonchev–Trinajstić information content (AvgIpc) is 2.79. The molecular weight excluding hydrogens is 406 g/mol. The zero-order valence-electron chi connectivity index (χ0n) is 18.1. The molecule has 0 saturated carbocycles. The van der Waals surface area contributed by atoms with Gasteiger partial charge in [0.15, 0.2) is 0 Å². The Morgan fingerprint density at radius 3 is 2.48 bits per heavy atom. The van der Waals surface area contributed by atoms with Gasteiger partial charge in [-0.2, -0.15) is 5.26 Å². The number of rotatable bonds is 7. The van der Waals surface area contributed by atoms with E-state index in [-0.39, 0.29) is 11.2 Å². The van der Waals surface area contributed by atoms with Crippen LogP contribution in [0.25, 0.3) is 11.3 Å². The Kier molecular flexibility index (Phi) is 7.32. The van der Waals surface area contributed by atoms with Gasteiger partial charge in [-0.05, 0) is 79.9 Å². The number of carbonyl (C=O) groups is 1. The minimum absolute atomic E-state index is 0.101. The summed E-state index contributed by atoms with van der Waals surface area (Å²) in [4.78, 5) is 17.6. The first-order chi connectivity index (χ1) is 14.9. The van der Waals surface area contributed by atoms with Gasteiger partial charge in [-0.1, -0.05) is 24.8 Å². The molecule has 0 radical (unpaired) electrons. The highest BCUT2D eigenvalue weighted by Gasteiger charge is 2.21. The van der Waals surface area contributed by atoms with Crippen LogP contribution in [-0.4, -0.2) is 23.3 Å². The van der Waals surface area contributed by atoms with E-state index >= 15 is 0 Å². The molecule has 1 heterocycles. The summed E-state index contributed by atoms with van der Waals surface area (Å²) in [6, 6.07) is 19.2. The lowest BCUT2D eigenvalue weighted by Crippen LogP contribution is -2.24. The molecule has 1 N–H and O–H groups in total. The first-order valence-corrected chi connectivity index (χ1v) is 10.9. The largest absolute Gasteiger partial charge is 0.497 e. The number of nitrogens with zero attached hydrogens (tertiary/aromatic N) is 2. The van der Waals surface area contributed by atoms with Crippen LogP contribution >= 0.6 is 11.8 Å². The molecule has 5 nitrogen and oxygen atoms in total. The Morgan fingerprint density at radius 1 is 1.13 bits per heavy atom. The first-order valence-electron chi connectivity index (χ1n) is 10.1. The number of methoxy groups -OCH3 is 1. The lowest BCUT2D eigenvalue weighted by molar-refractivity contribution is -0.115. The number of nitriles is 1. The van der Waals surface area contributed by atoms with E-state index in [0.29, 0.717) is 17.0 Å². The van der Waals surface area contributed by atoms with E-state index in [2.05, 4.69) is 11.4 Å². The molecule has 158 valence electrons. The average molecular weight is 432 g/mol. The molecule has 31 heavy (non-hydrogen) atoms. The van der Waals surface area contributed by atoms with Crippen LogP contribution < -0.4 is 10.1 Å². The van der Waals surface area contributed by atoms with Crippen molar-refractivity contribution in [1.82, 2.24) is 4.98 Å². The molecule has 0 bridgehead atoms. The molecule has 0 aliphatic rings. The third kappa shape index (κ3) is 5.44. The molecule has 1 amide bonds. The van der Waals surface area contributed by atoms with Gasteiger partial charge in [0, 0.05) is 11.3 Å². The van der Waals surface area contributed by atoms with E-state index in [9.17, 15) is 10.1 Å². The van der Waals surface area contributed by atoms with E-state index in [1.807, 2.05) is 69.3 Å². The minimum Gasteiger partial charge on any atom is -0.497 e. The van der Waals surface area contributed by atoms with Crippen LogP contribution in [-0.2, 0) is 4.79 Å². The fraction of sp³-hybridized carbons (Fsp3) is 0.240. The number of hydrogen-bond donors (Lipinski definition) is 1. The first kappa shape index (κ1) is 22.4. The highest BCUT2D eigenvalue weighted by Crippen LogP contribution is 2.31. The summed E-state index contributed by atoms with van der Waals surface area (Å²) in [5.41, 5.74) is 5.19. The summed E-state index contributed by atoms with van der Waals surface area (Å²) < 4.78 is 5.21. The number of amides is 1. The number of benzene rings is 2.